The molecule has 0 radical (unpaired) electrons. The molecule has 1 atom stereocenters. The van der Waals surface area contributed by atoms with Crippen molar-refractivity contribution in [3.05, 3.63) is 100 Å². The number of benzene rings is 3. The van der Waals surface area contributed by atoms with Crippen LogP contribution in [0.1, 0.15) is 34.5 Å². The number of ether oxygens (including phenoxy) is 1. The van der Waals surface area contributed by atoms with E-state index in [0.717, 1.165) is 15.6 Å². The van der Waals surface area contributed by atoms with E-state index in [4.69, 9.17) is 4.74 Å². The number of hydrogen-bond donors (Lipinski definition) is 2. The molecule has 0 spiro atoms. The summed E-state index contributed by atoms with van der Waals surface area (Å²) < 4.78 is 6.56. The maximum absolute atomic E-state index is 12.4. The van der Waals surface area contributed by atoms with E-state index in [0.29, 0.717) is 17.9 Å². The highest BCUT2D eigenvalue weighted by Gasteiger charge is 2.11. The summed E-state index contributed by atoms with van der Waals surface area (Å²) in [6.07, 6.45) is 0. The van der Waals surface area contributed by atoms with E-state index < -0.39 is 0 Å². The molecule has 30 heavy (non-hydrogen) atoms. The second-order valence-electron chi connectivity index (χ2n) is 6.83. The molecule has 0 aliphatic heterocycles. The van der Waals surface area contributed by atoms with Gasteiger partial charge in [0, 0.05) is 16.6 Å². The van der Waals surface area contributed by atoms with Gasteiger partial charge in [-0.1, -0.05) is 64.5 Å². The van der Waals surface area contributed by atoms with Crippen molar-refractivity contribution in [3.63, 3.8) is 0 Å². The molecule has 2 amide bonds. The molecule has 0 saturated carbocycles. The summed E-state index contributed by atoms with van der Waals surface area (Å²) in [6.45, 7) is 2.23. The maximum Gasteiger partial charge on any atom is 0.258 e. The van der Waals surface area contributed by atoms with Gasteiger partial charge in [-0.05, 0) is 48.4 Å². The lowest BCUT2D eigenvalue weighted by atomic mass is 10.1. The van der Waals surface area contributed by atoms with Gasteiger partial charge >= 0.3 is 0 Å². The van der Waals surface area contributed by atoms with E-state index in [9.17, 15) is 9.59 Å². The molecule has 2 N–H and O–H groups in total. The maximum atomic E-state index is 12.4. The molecule has 0 saturated heterocycles. The Morgan fingerprint density at radius 2 is 1.70 bits per heavy atom. The zero-order valence-corrected chi connectivity index (χ0v) is 18.2. The summed E-state index contributed by atoms with van der Waals surface area (Å²) in [5.74, 6) is 0.0378. The van der Waals surface area contributed by atoms with Gasteiger partial charge in [0.05, 0.1) is 6.04 Å². The summed E-state index contributed by atoms with van der Waals surface area (Å²) in [4.78, 5) is 24.6. The number of carbonyl (C=O) groups excluding carboxylic acids is 2. The molecule has 0 heterocycles. The lowest BCUT2D eigenvalue weighted by Gasteiger charge is -2.15. The van der Waals surface area contributed by atoms with E-state index in [1.165, 1.54) is 0 Å². The Kier molecular flexibility index (Phi) is 7.63. The number of carbonyl (C=O) groups is 2. The van der Waals surface area contributed by atoms with Gasteiger partial charge in [-0.15, -0.1) is 0 Å². The second-order valence-corrected chi connectivity index (χ2v) is 7.74. The van der Waals surface area contributed by atoms with Crippen molar-refractivity contribution in [2.45, 2.75) is 19.5 Å². The zero-order chi connectivity index (χ0) is 21.3. The highest BCUT2D eigenvalue weighted by molar-refractivity contribution is 9.10. The van der Waals surface area contributed by atoms with Crippen LogP contribution in [0.2, 0.25) is 0 Å². The molecule has 0 aromatic heterocycles. The van der Waals surface area contributed by atoms with Crippen LogP contribution in [-0.4, -0.2) is 18.4 Å². The van der Waals surface area contributed by atoms with Gasteiger partial charge in [-0.25, -0.2) is 0 Å². The molecule has 0 unspecified atom stereocenters. The summed E-state index contributed by atoms with van der Waals surface area (Å²) >= 11 is 3.40. The smallest absolute Gasteiger partial charge is 0.258 e. The van der Waals surface area contributed by atoms with Crippen LogP contribution in [0, 0.1) is 0 Å². The van der Waals surface area contributed by atoms with Gasteiger partial charge in [0.15, 0.2) is 6.61 Å². The number of rotatable bonds is 8. The minimum atomic E-state index is -0.232. The fraction of sp³-hybridized carbons (Fsp3) is 0.167. The van der Waals surface area contributed by atoms with E-state index >= 15 is 0 Å². The van der Waals surface area contributed by atoms with Crippen LogP contribution in [0.25, 0.3) is 0 Å². The van der Waals surface area contributed by atoms with Crippen LogP contribution in [0.3, 0.4) is 0 Å². The highest BCUT2D eigenvalue weighted by atomic mass is 79.9. The largest absolute Gasteiger partial charge is 0.484 e. The lowest BCUT2D eigenvalue weighted by molar-refractivity contribution is -0.123. The third-order valence-electron chi connectivity index (χ3n) is 4.51. The van der Waals surface area contributed by atoms with Crippen LogP contribution in [0.4, 0.5) is 0 Å². The Bertz CT molecular complexity index is 991. The molecule has 6 heteroatoms. The lowest BCUT2D eigenvalue weighted by Crippen LogP contribution is -2.31. The summed E-state index contributed by atoms with van der Waals surface area (Å²) in [5.41, 5.74) is 2.51. The Morgan fingerprint density at radius 3 is 2.43 bits per heavy atom. The van der Waals surface area contributed by atoms with Crippen molar-refractivity contribution in [3.8, 4) is 5.75 Å². The first-order chi connectivity index (χ1) is 14.5. The summed E-state index contributed by atoms with van der Waals surface area (Å²) in [5, 5.41) is 5.78. The van der Waals surface area contributed by atoms with Crippen molar-refractivity contribution >= 4 is 27.7 Å². The SMILES string of the molecule is C[C@@H](NC(=O)COc1cccc(C(=O)NCc2ccccc2)c1)c1ccc(Br)cc1. The molecule has 3 aromatic rings. The third-order valence-corrected chi connectivity index (χ3v) is 5.04. The van der Waals surface area contributed by atoms with Crippen molar-refractivity contribution in [2.24, 2.45) is 0 Å². The van der Waals surface area contributed by atoms with E-state index in [2.05, 4.69) is 26.6 Å². The van der Waals surface area contributed by atoms with Gasteiger partial charge in [-0.3, -0.25) is 9.59 Å². The zero-order valence-electron chi connectivity index (χ0n) is 16.6. The topological polar surface area (TPSA) is 67.4 Å². The van der Waals surface area contributed by atoms with Crippen LogP contribution in [-0.2, 0) is 11.3 Å². The number of hydrogen-bond acceptors (Lipinski definition) is 3. The van der Waals surface area contributed by atoms with Crippen molar-refractivity contribution in [1.29, 1.82) is 0 Å². The molecule has 0 aliphatic rings. The average Bonchev–Trinajstić information content (AvgIpc) is 2.77. The monoisotopic (exact) mass is 466 g/mol. The standard InChI is InChI=1S/C24H23BrN2O3/c1-17(19-10-12-21(25)13-11-19)27-23(28)16-30-22-9-5-8-20(14-22)24(29)26-15-18-6-3-2-4-7-18/h2-14,17H,15-16H2,1H3,(H,26,29)(H,27,28)/t17-/m1/s1. The van der Waals surface area contributed by atoms with E-state index in [1.54, 1.807) is 24.3 Å². The van der Waals surface area contributed by atoms with Crippen molar-refractivity contribution < 1.29 is 14.3 Å². The number of amides is 2. The quantitative estimate of drug-likeness (QED) is 0.508. The molecular formula is C24H23BrN2O3. The summed E-state index contributed by atoms with van der Waals surface area (Å²) in [6, 6.07) is 24.1. The number of nitrogens with one attached hydrogen (secondary N) is 2. The predicted octanol–water partition coefficient (Wildman–Crippen LogP) is 4.64. The molecular weight excluding hydrogens is 444 g/mol. The van der Waals surface area contributed by atoms with Crippen LogP contribution in [0.5, 0.6) is 5.75 Å². The fourth-order valence-electron chi connectivity index (χ4n) is 2.87. The molecule has 154 valence electrons. The van der Waals surface area contributed by atoms with Gasteiger partial charge < -0.3 is 15.4 Å². The molecule has 5 nitrogen and oxygen atoms in total. The Morgan fingerprint density at radius 1 is 0.967 bits per heavy atom. The van der Waals surface area contributed by atoms with Crippen LogP contribution in [0.15, 0.2) is 83.3 Å². The van der Waals surface area contributed by atoms with Crippen molar-refractivity contribution in [2.75, 3.05) is 6.61 Å². The van der Waals surface area contributed by atoms with Gasteiger partial charge in [0.1, 0.15) is 5.75 Å². The van der Waals surface area contributed by atoms with E-state index in [1.807, 2.05) is 61.5 Å². The predicted molar refractivity (Wildman–Crippen MR) is 120 cm³/mol. The van der Waals surface area contributed by atoms with Gasteiger partial charge in [0.2, 0.25) is 0 Å². The Hall–Kier alpha value is -3.12. The first kappa shape index (κ1) is 21.6. The molecule has 0 aliphatic carbocycles. The molecule has 3 aromatic carbocycles. The highest BCUT2D eigenvalue weighted by Crippen LogP contribution is 2.17. The molecule has 0 fully saturated rings. The minimum Gasteiger partial charge on any atom is -0.484 e. The van der Waals surface area contributed by atoms with E-state index in [-0.39, 0.29) is 24.5 Å². The number of halogens is 1. The summed E-state index contributed by atoms with van der Waals surface area (Å²) in [7, 11) is 0. The molecule has 0 bridgehead atoms. The van der Waals surface area contributed by atoms with Crippen LogP contribution >= 0.6 is 15.9 Å². The Balaban J connectivity index is 1.50. The van der Waals surface area contributed by atoms with Gasteiger partial charge in [0.25, 0.3) is 11.8 Å². The first-order valence-electron chi connectivity index (χ1n) is 9.61. The first-order valence-corrected chi connectivity index (χ1v) is 10.4. The minimum absolute atomic E-state index is 0.129. The fourth-order valence-corrected chi connectivity index (χ4v) is 3.14. The molecule has 3 rings (SSSR count). The normalized spacial score (nSPS) is 11.4. The van der Waals surface area contributed by atoms with Gasteiger partial charge in [-0.2, -0.15) is 0 Å². The average molecular weight is 467 g/mol. The van der Waals surface area contributed by atoms with Crippen molar-refractivity contribution in [1.82, 2.24) is 10.6 Å². The van der Waals surface area contributed by atoms with Crippen LogP contribution < -0.4 is 15.4 Å². The third kappa shape index (κ3) is 6.46. The second kappa shape index (κ2) is 10.6. The Labute approximate surface area is 184 Å².